The van der Waals surface area contributed by atoms with Crippen LogP contribution in [0.5, 0.6) is 11.5 Å². The number of hydrogen-bond acceptors (Lipinski definition) is 3. The largest absolute Gasteiger partial charge is 0.497 e. The Balaban J connectivity index is 2.50. The molecule has 112 valence electrons. The minimum Gasteiger partial charge on any atom is -0.497 e. The van der Waals surface area contributed by atoms with Crippen molar-refractivity contribution in [3.05, 3.63) is 24.3 Å². The molecule has 1 amide bonds. The third kappa shape index (κ3) is 5.11. The van der Waals surface area contributed by atoms with Gasteiger partial charge in [-0.15, -0.1) is 0 Å². The Morgan fingerprint density at radius 3 is 2.30 bits per heavy atom. The smallest absolute Gasteiger partial charge is 0.258 e. The van der Waals surface area contributed by atoms with E-state index in [1.807, 2.05) is 12.1 Å². The topological polar surface area (TPSA) is 47.6 Å². The molecule has 0 atom stereocenters. The molecule has 0 heterocycles. The Bertz CT molecular complexity index is 421. The third-order valence-corrected chi connectivity index (χ3v) is 3.18. The van der Waals surface area contributed by atoms with E-state index in [1.165, 1.54) is 0 Å². The number of amides is 1. The highest BCUT2D eigenvalue weighted by Gasteiger charge is 2.19. The first kappa shape index (κ1) is 16.3. The molecule has 20 heavy (non-hydrogen) atoms. The van der Waals surface area contributed by atoms with Crippen LogP contribution in [0.2, 0.25) is 0 Å². The summed E-state index contributed by atoms with van der Waals surface area (Å²) in [5.74, 6) is 2.04. The van der Waals surface area contributed by atoms with Gasteiger partial charge >= 0.3 is 0 Å². The van der Waals surface area contributed by atoms with Crippen LogP contribution in [0.25, 0.3) is 0 Å². The molecule has 1 aromatic rings. The molecule has 1 rings (SSSR count). The van der Waals surface area contributed by atoms with Crippen molar-refractivity contribution in [1.82, 2.24) is 5.32 Å². The van der Waals surface area contributed by atoms with Gasteiger partial charge in [-0.3, -0.25) is 4.79 Å². The normalized spacial score (nSPS) is 11.0. The number of methoxy groups -OCH3 is 1. The first-order valence-electron chi connectivity index (χ1n) is 7.00. The second-order valence-corrected chi connectivity index (χ2v) is 5.55. The molecule has 0 aliphatic heterocycles. The molecule has 0 saturated carbocycles. The molecule has 0 saturated heterocycles. The van der Waals surface area contributed by atoms with Crippen molar-refractivity contribution in [2.75, 3.05) is 13.7 Å². The Morgan fingerprint density at radius 1 is 1.15 bits per heavy atom. The minimum atomic E-state index is -0.0970. The molecule has 1 N–H and O–H groups in total. The molecule has 1 aromatic carbocycles. The molecule has 0 radical (unpaired) electrons. The second kappa shape index (κ2) is 7.78. The van der Waals surface area contributed by atoms with E-state index in [4.69, 9.17) is 9.47 Å². The lowest BCUT2D eigenvalue weighted by molar-refractivity contribution is -0.124. The lowest BCUT2D eigenvalue weighted by atomic mass is 9.93. The number of hydrogen-bond donors (Lipinski definition) is 1. The fraction of sp³-hybridized carbons (Fsp3) is 0.562. The number of ether oxygens (including phenoxy) is 2. The van der Waals surface area contributed by atoms with Gasteiger partial charge in [-0.05, 0) is 24.0 Å². The Kier molecular flexibility index (Phi) is 6.36. The summed E-state index contributed by atoms with van der Waals surface area (Å²) in [6, 6.07) is 7.39. The van der Waals surface area contributed by atoms with Gasteiger partial charge < -0.3 is 14.8 Å². The van der Waals surface area contributed by atoms with Gasteiger partial charge in [0, 0.05) is 12.1 Å². The highest BCUT2D eigenvalue weighted by molar-refractivity contribution is 5.77. The molecule has 0 aromatic heterocycles. The molecular weight excluding hydrogens is 254 g/mol. The standard InChI is InChI=1S/C16H25NO3/c1-11(2)16(12(3)4)17-15(18)10-20-14-8-6-7-13(9-14)19-5/h6-9,11-12,16H,10H2,1-5H3,(H,17,18). The lowest BCUT2D eigenvalue weighted by Gasteiger charge is -2.26. The highest BCUT2D eigenvalue weighted by atomic mass is 16.5. The van der Waals surface area contributed by atoms with Crippen molar-refractivity contribution in [3.63, 3.8) is 0 Å². The summed E-state index contributed by atoms with van der Waals surface area (Å²) >= 11 is 0. The summed E-state index contributed by atoms with van der Waals surface area (Å²) in [5.41, 5.74) is 0. The Morgan fingerprint density at radius 2 is 1.75 bits per heavy atom. The average molecular weight is 279 g/mol. The number of rotatable bonds is 7. The number of carbonyl (C=O) groups excluding carboxylic acids is 1. The average Bonchev–Trinajstić information content (AvgIpc) is 2.42. The minimum absolute atomic E-state index is 0.0170. The molecule has 0 aliphatic carbocycles. The van der Waals surface area contributed by atoms with Crippen molar-refractivity contribution in [3.8, 4) is 11.5 Å². The van der Waals surface area contributed by atoms with Gasteiger partial charge in [0.05, 0.1) is 7.11 Å². The summed E-state index contributed by atoms with van der Waals surface area (Å²) < 4.78 is 10.6. The highest BCUT2D eigenvalue weighted by Crippen LogP contribution is 2.18. The SMILES string of the molecule is COc1cccc(OCC(=O)NC(C(C)C)C(C)C)c1. The second-order valence-electron chi connectivity index (χ2n) is 5.55. The molecule has 0 unspecified atom stereocenters. The molecule has 0 fully saturated rings. The zero-order valence-corrected chi connectivity index (χ0v) is 13.0. The summed E-state index contributed by atoms with van der Waals surface area (Å²) in [4.78, 5) is 11.9. The predicted octanol–water partition coefficient (Wildman–Crippen LogP) is 2.87. The molecular formula is C16H25NO3. The summed E-state index contributed by atoms with van der Waals surface area (Å²) in [5, 5.41) is 3.02. The van der Waals surface area contributed by atoms with Gasteiger partial charge in [0.15, 0.2) is 6.61 Å². The zero-order valence-electron chi connectivity index (χ0n) is 13.0. The van der Waals surface area contributed by atoms with Crippen LogP contribution in [0.15, 0.2) is 24.3 Å². The summed E-state index contributed by atoms with van der Waals surface area (Å²) in [6.07, 6.45) is 0. The van der Waals surface area contributed by atoms with Gasteiger partial charge in [0.2, 0.25) is 0 Å². The third-order valence-electron chi connectivity index (χ3n) is 3.18. The van der Waals surface area contributed by atoms with Crippen molar-refractivity contribution in [1.29, 1.82) is 0 Å². The fourth-order valence-corrected chi connectivity index (χ4v) is 2.17. The molecule has 0 spiro atoms. The van der Waals surface area contributed by atoms with Gasteiger partial charge in [-0.25, -0.2) is 0 Å². The van der Waals surface area contributed by atoms with E-state index in [9.17, 15) is 4.79 Å². The summed E-state index contributed by atoms with van der Waals surface area (Å²) in [7, 11) is 1.60. The van der Waals surface area contributed by atoms with E-state index in [0.717, 1.165) is 0 Å². The molecule has 4 heteroatoms. The van der Waals surface area contributed by atoms with E-state index in [0.29, 0.717) is 23.3 Å². The first-order chi connectivity index (χ1) is 9.43. The lowest BCUT2D eigenvalue weighted by Crippen LogP contribution is -2.44. The summed E-state index contributed by atoms with van der Waals surface area (Å²) in [6.45, 7) is 8.44. The predicted molar refractivity (Wildman–Crippen MR) is 80.1 cm³/mol. The first-order valence-corrected chi connectivity index (χ1v) is 7.00. The number of carbonyl (C=O) groups is 1. The Hall–Kier alpha value is -1.71. The number of nitrogens with one attached hydrogen (secondary N) is 1. The maximum atomic E-state index is 11.9. The fourth-order valence-electron chi connectivity index (χ4n) is 2.17. The maximum Gasteiger partial charge on any atom is 0.258 e. The molecule has 0 aliphatic rings. The van der Waals surface area contributed by atoms with Crippen LogP contribution in [-0.4, -0.2) is 25.7 Å². The van der Waals surface area contributed by atoms with Crippen LogP contribution in [0, 0.1) is 11.8 Å². The quantitative estimate of drug-likeness (QED) is 0.835. The van der Waals surface area contributed by atoms with E-state index < -0.39 is 0 Å². The van der Waals surface area contributed by atoms with Crippen LogP contribution in [0.3, 0.4) is 0 Å². The van der Waals surface area contributed by atoms with Crippen LogP contribution >= 0.6 is 0 Å². The van der Waals surface area contributed by atoms with Crippen LogP contribution in [-0.2, 0) is 4.79 Å². The van der Waals surface area contributed by atoms with Gasteiger partial charge in [-0.1, -0.05) is 33.8 Å². The number of benzene rings is 1. The van der Waals surface area contributed by atoms with Crippen molar-refractivity contribution < 1.29 is 14.3 Å². The monoisotopic (exact) mass is 279 g/mol. The van der Waals surface area contributed by atoms with E-state index in [2.05, 4.69) is 33.0 Å². The van der Waals surface area contributed by atoms with Crippen molar-refractivity contribution >= 4 is 5.91 Å². The van der Waals surface area contributed by atoms with Crippen molar-refractivity contribution in [2.45, 2.75) is 33.7 Å². The van der Waals surface area contributed by atoms with Gasteiger partial charge in [-0.2, -0.15) is 0 Å². The molecule has 4 nitrogen and oxygen atoms in total. The Labute approximate surface area is 121 Å². The van der Waals surface area contributed by atoms with E-state index in [1.54, 1.807) is 19.2 Å². The van der Waals surface area contributed by atoms with Crippen molar-refractivity contribution in [2.24, 2.45) is 11.8 Å². The maximum absolute atomic E-state index is 11.9. The van der Waals surface area contributed by atoms with Crippen LogP contribution in [0.4, 0.5) is 0 Å². The molecule has 0 bridgehead atoms. The zero-order chi connectivity index (χ0) is 15.1. The van der Waals surface area contributed by atoms with Crippen LogP contribution < -0.4 is 14.8 Å². The van der Waals surface area contributed by atoms with E-state index in [-0.39, 0.29) is 18.6 Å². The van der Waals surface area contributed by atoms with Crippen LogP contribution in [0.1, 0.15) is 27.7 Å². The van der Waals surface area contributed by atoms with E-state index >= 15 is 0 Å². The van der Waals surface area contributed by atoms with Gasteiger partial charge in [0.1, 0.15) is 11.5 Å². The van der Waals surface area contributed by atoms with Gasteiger partial charge in [0.25, 0.3) is 5.91 Å².